The molecule has 5 heteroatoms. The number of carbonyl (C=O) groups excluding carboxylic acids is 1. The van der Waals surface area contributed by atoms with E-state index in [9.17, 15) is 14.4 Å². The van der Waals surface area contributed by atoms with Crippen LogP contribution < -0.4 is 5.56 Å². The Balaban J connectivity index is 1.88. The van der Waals surface area contributed by atoms with Gasteiger partial charge in [0.1, 0.15) is 5.56 Å². The first-order valence-corrected chi connectivity index (χ1v) is 7.30. The van der Waals surface area contributed by atoms with Crippen molar-refractivity contribution >= 4 is 17.8 Å². The highest BCUT2D eigenvalue weighted by Crippen LogP contribution is 2.25. The number of hydrogen-bond donors (Lipinski definition) is 2. The van der Waals surface area contributed by atoms with E-state index in [1.807, 2.05) is 42.5 Å². The minimum Gasteiger partial charge on any atom is -0.477 e. The van der Waals surface area contributed by atoms with E-state index >= 15 is 0 Å². The van der Waals surface area contributed by atoms with Gasteiger partial charge in [0.15, 0.2) is 5.78 Å². The molecule has 1 atom stereocenters. The minimum atomic E-state index is -1.33. The minimum absolute atomic E-state index is 0.0125. The molecular formula is C18H15NO4. The summed E-state index contributed by atoms with van der Waals surface area (Å²) in [5, 5.41) is 8.97. The normalized spacial score (nSPS) is 17.2. The molecule has 0 aliphatic heterocycles. The number of aromatic nitrogens is 1. The lowest BCUT2D eigenvalue weighted by molar-refractivity contribution is 0.0695. The van der Waals surface area contributed by atoms with Crippen LogP contribution in [0.15, 0.2) is 47.3 Å². The zero-order valence-electron chi connectivity index (χ0n) is 12.3. The molecule has 0 saturated carbocycles. The van der Waals surface area contributed by atoms with Crippen LogP contribution in [-0.4, -0.2) is 21.8 Å². The summed E-state index contributed by atoms with van der Waals surface area (Å²) >= 11 is 0. The van der Waals surface area contributed by atoms with Gasteiger partial charge in [-0.05, 0) is 24.0 Å². The lowest BCUT2D eigenvalue weighted by Crippen LogP contribution is -2.27. The molecule has 2 aromatic rings. The predicted molar refractivity (Wildman–Crippen MR) is 85.6 cm³/mol. The molecule has 0 bridgehead atoms. The van der Waals surface area contributed by atoms with Gasteiger partial charge >= 0.3 is 5.97 Å². The van der Waals surface area contributed by atoms with Crippen LogP contribution in [-0.2, 0) is 6.42 Å². The number of carbonyl (C=O) groups is 2. The summed E-state index contributed by atoms with van der Waals surface area (Å²) in [5.74, 6) is -1.48. The number of fused-ring (bicyclic) bond motifs is 1. The Kier molecular flexibility index (Phi) is 3.93. The van der Waals surface area contributed by atoms with Gasteiger partial charge in [0, 0.05) is 17.7 Å². The summed E-state index contributed by atoms with van der Waals surface area (Å²) in [7, 11) is 0. The highest BCUT2D eigenvalue weighted by molar-refractivity contribution is 6.00. The number of pyridine rings is 1. The topological polar surface area (TPSA) is 87.2 Å². The average molecular weight is 309 g/mol. The first-order chi connectivity index (χ1) is 11.0. The van der Waals surface area contributed by atoms with Crippen molar-refractivity contribution in [1.82, 2.24) is 4.98 Å². The molecule has 0 fully saturated rings. The standard InChI is InChI=1S/C18H15NO4/c20-16-9-12(7-6-11-4-2-1-3-5-11)8-15-13(16)10-14(18(22)23)17(21)19-15/h1-7,10,12H,8-9H2,(H,19,21)(H,22,23). The van der Waals surface area contributed by atoms with E-state index < -0.39 is 17.1 Å². The van der Waals surface area contributed by atoms with Crippen LogP contribution in [0.1, 0.15) is 38.4 Å². The summed E-state index contributed by atoms with van der Waals surface area (Å²) in [6, 6.07) is 10.9. The fourth-order valence-electron chi connectivity index (χ4n) is 2.77. The van der Waals surface area contributed by atoms with Crippen molar-refractivity contribution in [3.63, 3.8) is 0 Å². The Morgan fingerprint density at radius 3 is 2.61 bits per heavy atom. The molecule has 3 rings (SSSR count). The lowest BCUT2D eigenvalue weighted by Gasteiger charge is -2.21. The van der Waals surface area contributed by atoms with Gasteiger partial charge in [0.25, 0.3) is 5.56 Å². The molecule has 0 spiro atoms. The van der Waals surface area contributed by atoms with Gasteiger partial charge < -0.3 is 10.1 Å². The molecule has 0 radical (unpaired) electrons. The molecule has 2 N–H and O–H groups in total. The fourth-order valence-corrected chi connectivity index (χ4v) is 2.77. The van der Waals surface area contributed by atoms with Crippen LogP contribution >= 0.6 is 0 Å². The molecule has 0 saturated heterocycles. The molecular weight excluding hydrogens is 294 g/mol. The summed E-state index contributed by atoms with van der Waals surface area (Å²) < 4.78 is 0. The monoisotopic (exact) mass is 309 g/mol. The fraction of sp³-hybridized carbons (Fsp3) is 0.167. The summed E-state index contributed by atoms with van der Waals surface area (Å²) in [4.78, 5) is 37.5. The predicted octanol–water partition coefficient (Wildman–Crippen LogP) is 2.53. The van der Waals surface area contributed by atoms with Gasteiger partial charge in [-0.2, -0.15) is 0 Å². The molecule has 1 aliphatic rings. The van der Waals surface area contributed by atoms with Crippen molar-refractivity contribution in [2.45, 2.75) is 12.8 Å². The third-order valence-corrected chi connectivity index (χ3v) is 3.93. The van der Waals surface area contributed by atoms with Gasteiger partial charge in [-0.3, -0.25) is 9.59 Å². The third-order valence-electron chi connectivity index (χ3n) is 3.93. The molecule has 1 aromatic heterocycles. The summed E-state index contributed by atoms with van der Waals surface area (Å²) in [6.45, 7) is 0. The SMILES string of the molecule is O=C1CC(C=Cc2ccccc2)Cc2[nH]c(=O)c(C(=O)O)cc21. The maximum absolute atomic E-state index is 12.2. The Morgan fingerprint density at radius 1 is 1.17 bits per heavy atom. The number of carboxylic acid groups (broad SMARTS) is 1. The number of Topliss-reactive ketones (excluding diaryl/α,β-unsaturated/α-hetero) is 1. The van der Waals surface area contributed by atoms with Gasteiger partial charge in [-0.15, -0.1) is 0 Å². The van der Waals surface area contributed by atoms with Crippen molar-refractivity contribution in [3.05, 3.63) is 75.2 Å². The number of aromatic amines is 1. The van der Waals surface area contributed by atoms with Gasteiger partial charge in [0.2, 0.25) is 0 Å². The molecule has 23 heavy (non-hydrogen) atoms. The second-order valence-corrected chi connectivity index (χ2v) is 5.57. The van der Waals surface area contributed by atoms with Crippen molar-refractivity contribution in [3.8, 4) is 0 Å². The number of carboxylic acids is 1. The molecule has 116 valence electrons. The number of allylic oxidation sites excluding steroid dienone is 1. The molecule has 5 nitrogen and oxygen atoms in total. The quantitative estimate of drug-likeness (QED) is 0.912. The molecule has 1 unspecified atom stereocenters. The second-order valence-electron chi connectivity index (χ2n) is 5.57. The zero-order chi connectivity index (χ0) is 16.4. The Hall–Kier alpha value is -2.95. The van der Waals surface area contributed by atoms with Crippen LogP contribution in [0, 0.1) is 5.92 Å². The van der Waals surface area contributed by atoms with Crippen LogP contribution in [0.25, 0.3) is 6.08 Å². The van der Waals surface area contributed by atoms with E-state index in [4.69, 9.17) is 5.11 Å². The molecule has 1 aromatic carbocycles. The number of nitrogens with one attached hydrogen (secondary N) is 1. The van der Waals surface area contributed by atoms with Crippen LogP contribution in [0.3, 0.4) is 0 Å². The number of aromatic carboxylic acids is 1. The Bertz CT molecular complexity index is 849. The van der Waals surface area contributed by atoms with Crippen LogP contribution in [0.4, 0.5) is 0 Å². The van der Waals surface area contributed by atoms with Crippen LogP contribution in [0.2, 0.25) is 0 Å². The molecule has 0 amide bonds. The van der Waals surface area contributed by atoms with Crippen LogP contribution in [0.5, 0.6) is 0 Å². The highest BCUT2D eigenvalue weighted by Gasteiger charge is 2.26. The van der Waals surface area contributed by atoms with Gasteiger partial charge in [-0.25, -0.2) is 4.79 Å². The Labute approximate surface area is 132 Å². The average Bonchev–Trinajstić information content (AvgIpc) is 2.53. The van der Waals surface area contributed by atoms with Crippen molar-refractivity contribution in [2.75, 3.05) is 0 Å². The van der Waals surface area contributed by atoms with E-state index in [1.165, 1.54) is 6.07 Å². The van der Waals surface area contributed by atoms with E-state index in [0.717, 1.165) is 5.56 Å². The smallest absolute Gasteiger partial charge is 0.341 e. The zero-order valence-corrected chi connectivity index (χ0v) is 12.3. The van der Waals surface area contributed by atoms with E-state index in [2.05, 4.69) is 4.98 Å². The van der Waals surface area contributed by atoms with Crippen molar-refractivity contribution in [1.29, 1.82) is 0 Å². The summed E-state index contributed by atoms with van der Waals surface area (Å²) in [5.41, 5.74) is 0.804. The van der Waals surface area contributed by atoms with Crippen molar-refractivity contribution in [2.24, 2.45) is 5.92 Å². The number of rotatable bonds is 3. The molecule has 1 heterocycles. The maximum Gasteiger partial charge on any atom is 0.341 e. The van der Waals surface area contributed by atoms with E-state index in [1.54, 1.807) is 0 Å². The first-order valence-electron chi connectivity index (χ1n) is 7.30. The number of benzene rings is 1. The highest BCUT2D eigenvalue weighted by atomic mass is 16.4. The number of H-pyrrole nitrogens is 1. The number of ketones is 1. The van der Waals surface area contributed by atoms with E-state index in [-0.39, 0.29) is 11.7 Å². The molecule has 1 aliphatic carbocycles. The third kappa shape index (κ3) is 3.13. The van der Waals surface area contributed by atoms with Gasteiger partial charge in [0.05, 0.1) is 0 Å². The van der Waals surface area contributed by atoms with Crippen molar-refractivity contribution < 1.29 is 14.7 Å². The second kappa shape index (κ2) is 6.04. The Morgan fingerprint density at radius 2 is 1.91 bits per heavy atom. The maximum atomic E-state index is 12.2. The summed E-state index contributed by atoms with van der Waals surface area (Å²) in [6.07, 6.45) is 4.73. The number of hydrogen-bond acceptors (Lipinski definition) is 3. The van der Waals surface area contributed by atoms with E-state index in [0.29, 0.717) is 24.1 Å². The van der Waals surface area contributed by atoms with Gasteiger partial charge in [-0.1, -0.05) is 42.5 Å². The first kappa shape index (κ1) is 15.0. The lowest BCUT2D eigenvalue weighted by atomic mass is 9.85. The largest absolute Gasteiger partial charge is 0.477 e.